The molecule has 1 aromatic heterocycles. The predicted molar refractivity (Wildman–Crippen MR) is 82.5 cm³/mol. The van der Waals surface area contributed by atoms with Crippen LogP contribution in [-0.4, -0.2) is 9.97 Å². The number of halogens is 2. The molecule has 1 aromatic carbocycles. The van der Waals surface area contributed by atoms with E-state index in [1.54, 1.807) is 0 Å². The van der Waals surface area contributed by atoms with Gasteiger partial charge in [0.1, 0.15) is 16.1 Å². The van der Waals surface area contributed by atoms with Crippen LogP contribution in [0.4, 0.5) is 0 Å². The zero-order valence-corrected chi connectivity index (χ0v) is 12.7. The molecule has 0 N–H and O–H groups in total. The van der Waals surface area contributed by atoms with E-state index in [2.05, 4.69) is 22.1 Å². The van der Waals surface area contributed by atoms with Gasteiger partial charge in [0.15, 0.2) is 0 Å². The van der Waals surface area contributed by atoms with Gasteiger partial charge in [-0.3, -0.25) is 0 Å². The summed E-state index contributed by atoms with van der Waals surface area (Å²) in [6.45, 7) is 0. The van der Waals surface area contributed by atoms with Gasteiger partial charge in [0.2, 0.25) is 0 Å². The molecule has 0 bridgehead atoms. The van der Waals surface area contributed by atoms with E-state index in [0.717, 1.165) is 24.0 Å². The fourth-order valence-electron chi connectivity index (χ4n) is 2.87. The van der Waals surface area contributed by atoms with Gasteiger partial charge >= 0.3 is 0 Å². The number of hydrogen-bond acceptors (Lipinski definition) is 2. The maximum Gasteiger partial charge on any atom is 0.137 e. The van der Waals surface area contributed by atoms with Gasteiger partial charge in [-0.05, 0) is 24.3 Å². The molecule has 20 heavy (non-hydrogen) atoms. The SMILES string of the molecule is Clc1nc(Cc2ccccc2)nc(Cl)c1C1CCCC1. The van der Waals surface area contributed by atoms with Crippen LogP contribution in [0.25, 0.3) is 0 Å². The van der Waals surface area contributed by atoms with Crippen LogP contribution in [0.15, 0.2) is 30.3 Å². The maximum atomic E-state index is 6.35. The fourth-order valence-corrected chi connectivity index (χ4v) is 3.60. The molecule has 0 atom stereocenters. The summed E-state index contributed by atoms with van der Waals surface area (Å²) < 4.78 is 0. The molecule has 1 saturated carbocycles. The van der Waals surface area contributed by atoms with Crippen molar-refractivity contribution in [1.29, 1.82) is 0 Å². The Morgan fingerprint density at radius 3 is 2.15 bits per heavy atom. The number of hydrogen-bond donors (Lipinski definition) is 0. The van der Waals surface area contributed by atoms with Crippen molar-refractivity contribution in [3.63, 3.8) is 0 Å². The van der Waals surface area contributed by atoms with E-state index in [9.17, 15) is 0 Å². The molecule has 0 saturated heterocycles. The first-order chi connectivity index (χ1) is 9.74. The minimum atomic E-state index is 0.431. The topological polar surface area (TPSA) is 25.8 Å². The highest BCUT2D eigenvalue weighted by Crippen LogP contribution is 2.40. The van der Waals surface area contributed by atoms with Crippen molar-refractivity contribution in [1.82, 2.24) is 9.97 Å². The lowest BCUT2D eigenvalue weighted by molar-refractivity contribution is 0.710. The fraction of sp³-hybridized carbons (Fsp3) is 0.375. The zero-order valence-electron chi connectivity index (χ0n) is 11.1. The van der Waals surface area contributed by atoms with Gasteiger partial charge in [-0.1, -0.05) is 66.4 Å². The van der Waals surface area contributed by atoms with Crippen molar-refractivity contribution in [2.75, 3.05) is 0 Å². The maximum absolute atomic E-state index is 6.35. The van der Waals surface area contributed by atoms with Crippen LogP contribution in [-0.2, 0) is 6.42 Å². The minimum Gasteiger partial charge on any atom is -0.220 e. The van der Waals surface area contributed by atoms with Crippen LogP contribution in [0.1, 0.15) is 48.6 Å². The zero-order chi connectivity index (χ0) is 13.9. The first kappa shape index (κ1) is 13.8. The summed E-state index contributed by atoms with van der Waals surface area (Å²) in [5, 5.41) is 1.06. The number of benzene rings is 1. The number of rotatable bonds is 3. The van der Waals surface area contributed by atoms with Gasteiger partial charge in [0.25, 0.3) is 0 Å². The van der Waals surface area contributed by atoms with Crippen molar-refractivity contribution in [2.24, 2.45) is 0 Å². The van der Waals surface area contributed by atoms with E-state index in [0.29, 0.717) is 28.5 Å². The third kappa shape index (κ3) is 2.97. The largest absolute Gasteiger partial charge is 0.220 e. The third-order valence-electron chi connectivity index (χ3n) is 3.87. The second-order valence-electron chi connectivity index (χ2n) is 5.28. The quantitative estimate of drug-likeness (QED) is 0.743. The average Bonchev–Trinajstić information content (AvgIpc) is 2.93. The van der Waals surface area contributed by atoms with E-state index in [-0.39, 0.29) is 0 Å². The van der Waals surface area contributed by atoms with Crippen molar-refractivity contribution >= 4 is 23.2 Å². The van der Waals surface area contributed by atoms with E-state index < -0.39 is 0 Å². The first-order valence-electron chi connectivity index (χ1n) is 7.00. The Labute approximate surface area is 129 Å². The Morgan fingerprint density at radius 2 is 1.55 bits per heavy atom. The lowest BCUT2D eigenvalue weighted by Crippen LogP contribution is -2.04. The Hall–Kier alpha value is -1.12. The smallest absolute Gasteiger partial charge is 0.137 e. The summed E-state index contributed by atoms with van der Waals surface area (Å²) in [6, 6.07) is 10.1. The molecule has 4 heteroatoms. The molecule has 0 amide bonds. The van der Waals surface area contributed by atoms with Gasteiger partial charge in [-0.15, -0.1) is 0 Å². The van der Waals surface area contributed by atoms with Gasteiger partial charge < -0.3 is 0 Å². The molecular formula is C16H16Cl2N2. The molecule has 2 nitrogen and oxygen atoms in total. The van der Waals surface area contributed by atoms with Crippen molar-refractivity contribution in [3.05, 3.63) is 57.6 Å². The van der Waals surface area contributed by atoms with E-state index in [1.165, 1.54) is 12.8 Å². The lowest BCUT2D eigenvalue weighted by Gasteiger charge is -2.13. The second kappa shape index (κ2) is 6.11. The molecule has 0 unspecified atom stereocenters. The monoisotopic (exact) mass is 306 g/mol. The molecule has 1 heterocycles. The normalized spacial score (nSPS) is 15.7. The summed E-state index contributed by atoms with van der Waals surface area (Å²) in [5.74, 6) is 1.12. The Morgan fingerprint density at radius 1 is 0.950 bits per heavy atom. The highest BCUT2D eigenvalue weighted by molar-refractivity contribution is 6.34. The van der Waals surface area contributed by atoms with Crippen LogP contribution in [0, 0.1) is 0 Å². The van der Waals surface area contributed by atoms with Crippen LogP contribution in [0.3, 0.4) is 0 Å². The molecule has 3 rings (SSSR count). The summed E-state index contributed by atoms with van der Waals surface area (Å²) in [5.41, 5.74) is 2.11. The Balaban J connectivity index is 1.87. The first-order valence-corrected chi connectivity index (χ1v) is 7.75. The molecule has 0 spiro atoms. The summed E-state index contributed by atoms with van der Waals surface area (Å²) >= 11 is 12.7. The molecule has 0 aliphatic heterocycles. The minimum absolute atomic E-state index is 0.431. The van der Waals surface area contributed by atoms with Crippen LogP contribution >= 0.6 is 23.2 Å². The molecule has 1 fully saturated rings. The van der Waals surface area contributed by atoms with E-state index >= 15 is 0 Å². The lowest BCUT2D eigenvalue weighted by atomic mass is 10.0. The van der Waals surface area contributed by atoms with E-state index in [1.807, 2.05) is 18.2 Å². The molecule has 104 valence electrons. The standard InChI is InChI=1S/C16H16Cl2N2/c17-15-14(12-8-4-5-9-12)16(18)20-13(19-15)10-11-6-2-1-3-7-11/h1-3,6-7,12H,4-5,8-10H2. The summed E-state index contributed by atoms with van der Waals surface area (Å²) in [4.78, 5) is 8.89. The highest BCUT2D eigenvalue weighted by Gasteiger charge is 2.24. The molecular weight excluding hydrogens is 291 g/mol. The molecule has 1 aliphatic carbocycles. The summed E-state index contributed by atoms with van der Waals surface area (Å²) in [7, 11) is 0. The molecule has 2 aromatic rings. The van der Waals surface area contributed by atoms with Crippen molar-refractivity contribution < 1.29 is 0 Å². The van der Waals surface area contributed by atoms with Crippen molar-refractivity contribution in [3.8, 4) is 0 Å². The predicted octanol–water partition coefficient (Wildman–Crippen LogP) is 5.03. The molecule has 1 aliphatic rings. The average molecular weight is 307 g/mol. The van der Waals surface area contributed by atoms with Gasteiger partial charge in [0, 0.05) is 12.0 Å². The van der Waals surface area contributed by atoms with Crippen LogP contribution < -0.4 is 0 Å². The number of nitrogens with zero attached hydrogens (tertiary/aromatic N) is 2. The Bertz CT molecular complexity index is 570. The van der Waals surface area contributed by atoms with Gasteiger partial charge in [0.05, 0.1) is 0 Å². The summed E-state index contributed by atoms with van der Waals surface area (Å²) in [6.07, 6.45) is 5.42. The van der Waals surface area contributed by atoms with Gasteiger partial charge in [-0.25, -0.2) is 9.97 Å². The van der Waals surface area contributed by atoms with E-state index in [4.69, 9.17) is 23.2 Å². The highest BCUT2D eigenvalue weighted by atomic mass is 35.5. The molecule has 0 radical (unpaired) electrons. The van der Waals surface area contributed by atoms with Crippen molar-refractivity contribution in [2.45, 2.75) is 38.0 Å². The van der Waals surface area contributed by atoms with Gasteiger partial charge in [-0.2, -0.15) is 0 Å². The number of aromatic nitrogens is 2. The van der Waals surface area contributed by atoms with Crippen LogP contribution in [0.2, 0.25) is 10.3 Å². The third-order valence-corrected chi connectivity index (χ3v) is 4.44. The van der Waals surface area contributed by atoms with Crippen LogP contribution in [0.5, 0.6) is 0 Å². The Kier molecular flexibility index (Phi) is 4.23. The second-order valence-corrected chi connectivity index (χ2v) is 5.99.